The number of carbonyl (C=O) groups excluding carboxylic acids is 4. The number of imide groups is 1. The average Bonchev–Trinajstić information content (AvgIpc) is 3.16. The highest BCUT2D eigenvalue weighted by Gasteiger charge is 2.57. The minimum absolute atomic E-state index is 0.0288. The Kier molecular flexibility index (Phi) is 5.97. The number of ether oxygens (including phenoxy) is 1. The van der Waals surface area contributed by atoms with Gasteiger partial charge < -0.3 is 9.84 Å². The molecule has 37 heavy (non-hydrogen) atoms. The number of halogens is 1. The molecular weight excluding hydrogens is 538 g/mol. The van der Waals surface area contributed by atoms with Crippen LogP contribution in [0.25, 0.3) is 0 Å². The molecule has 192 valence electrons. The number of aromatic hydroxyl groups is 1. The van der Waals surface area contributed by atoms with Crippen LogP contribution in [0.15, 0.2) is 51.6 Å². The van der Waals surface area contributed by atoms with Gasteiger partial charge in [-0.05, 0) is 65.2 Å². The number of hydrogen-bond donors (Lipinski definition) is 1. The predicted octanol–water partition coefficient (Wildman–Crippen LogP) is 4.50. The van der Waals surface area contributed by atoms with Gasteiger partial charge >= 0.3 is 0 Å². The lowest BCUT2D eigenvalue weighted by Crippen LogP contribution is -2.43. The number of amides is 2. The summed E-state index contributed by atoms with van der Waals surface area (Å²) in [6.45, 7) is 0. The van der Waals surface area contributed by atoms with Gasteiger partial charge in [-0.3, -0.25) is 24.1 Å². The van der Waals surface area contributed by atoms with Crippen molar-refractivity contribution in [1.82, 2.24) is 4.90 Å². The van der Waals surface area contributed by atoms with Crippen LogP contribution in [0.4, 0.5) is 0 Å². The minimum Gasteiger partial charge on any atom is -0.504 e. The van der Waals surface area contributed by atoms with Crippen LogP contribution in [0, 0.1) is 17.8 Å². The maximum atomic E-state index is 13.9. The number of phenols is 1. The Morgan fingerprint density at radius 3 is 2.51 bits per heavy atom. The number of benzene rings is 1. The van der Waals surface area contributed by atoms with E-state index >= 15 is 0 Å². The lowest BCUT2D eigenvalue weighted by molar-refractivity contribution is -0.143. The fourth-order valence-electron chi connectivity index (χ4n) is 7.18. The largest absolute Gasteiger partial charge is 0.504 e. The molecule has 1 heterocycles. The Morgan fingerprint density at radius 2 is 1.78 bits per heavy atom. The fraction of sp³-hybridized carbons (Fsp3) is 0.448. The highest BCUT2D eigenvalue weighted by atomic mass is 79.9. The lowest BCUT2D eigenvalue weighted by Gasteiger charge is -2.42. The molecule has 8 heteroatoms. The van der Waals surface area contributed by atoms with Gasteiger partial charge in [-0.25, -0.2) is 0 Å². The Balaban J connectivity index is 1.47. The summed E-state index contributed by atoms with van der Waals surface area (Å²) in [7, 11) is 1.45. The van der Waals surface area contributed by atoms with E-state index in [1.54, 1.807) is 12.1 Å². The number of likely N-dealkylation sites (tertiary alicyclic amines) is 1. The molecule has 1 saturated carbocycles. The second-order valence-corrected chi connectivity index (χ2v) is 11.5. The first-order chi connectivity index (χ1) is 17.8. The third kappa shape index (κ3) is 3.67. The van der Waals surface area contributed by atoms with E-state index in [1.807, 2.05) is 6.08 Å². The van der Waals surface area contributed by atoms with E-state index in [4.69, 9.17) is 4.74 Å². The number of fused-ring (bicyclic) bond motifs is 3. The zero-order chi connectivity index (χ0) is 26.0. The normalized spacial score (nSPS) is 30.1. The highest BCUT2D eigenvalue weighted by Crippen LogP contribution is 2.56. The van der Waals surface area contributed by atoms with Crippen LogP contribution in [-0.4, -0.2) is 46.5 Å². The van der Waals surface area contributed by atoms with Gasteiger partial charge in [0, 0.05) is 29.2 Å². The van der Waals surface area contributed by atoms with Gasteiger partial charge in [-0.15, -0.1) is 0 Å². The molecule has 7 nitrogen and oxygen atoms in total. The van der Waals surface area contributed by atoms with Crippen molar-refractivity contribution in [2.75, 3.05) is 7.11 Å². The van der Waals surface area contributed by atoms with E-state index in [0.29, 0.717) is 23.1 Å². The highest BCUT2D eigenvalue weighted by molar-refractivity contribution is 9.12. The third-order valence-corrected chi connectivity index (χ3v) is 9.43. The lowest BCUT2D eigenvalue weighted by atomic mass is 9.59. The molecular formula is C29H28BrNO6. The molecule has 1 aliphatic heterocycles. The average molecular weight is 566 g/mol. The van der Waals surface area contributed by atoms with Crippen molar-refractivity contribution in [3.8, 4) is 11.5 Å². The van der Waals surface area contributed by atoms with Crippen LogP contribution >= 0.6 is 15.9 Å². The first kappa shape index (κ1) is 24.3. The monoisotopic (exact) mass is 565 g/mol. The predicted molar refractivity (Wildman–Crippen MR) is 138 cm³/mol. The van der Waals surface area contributed by atoms with Crippen LogP contribution in [0.1, 0.15) is 56.4 Å². The van der Waals surface area contributed by atoms with Gasteiger partial charge in [0.25, 0.3) is 0 Å². The maximum absolute atomic E-state index is 13.9. The number of Topliss-reactive ketones (excluding diaryl/α,β-unsaturated/α-hetero) is 1. The number of rotatable bonds is 3. The number of ketones is 2. The number of allylic oxidation sites excluding steroid dienone is 6. The quantitative estimate of drug-likeness (QED) is 0.329. The van der Waals surface area contributed by atoms with Crippen molar-refractivity contribution < 1.29 is 29.0 Å². The summed E-state index contributed by atoms with van der Waals surface area (Å²) >= 11 is 3.25. The molecule has 1 aromatic carbocycles. The van der Waals surface area contributed by atoms with Gasteiger partial charge in [0.1, 0.15) is 0 Å². The second kappa shape index (κ2) is 9.08. The number of hydrogen-bond acceptors (Lipinski definition) is 6. The zero-order valence-electron chi connectivity index (χ0n) is 20.5. The third-order valence-electron chi connectivity index (χ3n) is 8.84. The Labute approximate surface area is 223 Å². The Bertz CT molecular complexity index is 1330. The van der Waals surface area contributed by atoms with Gasteiger partial charge in [0.05, 0.1) is 23.4 Å². The second-order valence-electron chi connectivity index (χ2n) is 10.7. The first-order valence-corrected chi connectivity index (χ1v) is 13.7. The Hall–Kier alpha value is -3.00. The van der Waals surface area contributed by atoms with Crippen molar-refractivity contribution in [2.45, 2.75) is 56.9 Å². The zero-order valence-corrected chi connectivity index (χ0v) is 22.1. The molecule has 2 amide bonds. The summed E-state index contributed by atoms with van der Waals surface area (Å²) in [5, 5.41) is 10.2. The minimum atomic E-state index is -0.566. The van der Waals surface area contributed by atoms with Crippen LogP contribution in [-0.2, 0) is 19.2 Å². The van der Waals surface area contributed by atoms with Crippen LogP contribution in [0.5, 0.6) is 11.5 Å². The Morgan fingerprint density at radius 1 is 1.03 bits per heavy atom. The molecule has 1 aromatic rings. The van der Waals surface area contributed by atoms with Gasteiger partial charge in [-0.2, -0.15) is 0 Å². The van der Waals surface area contributed by atoms with Crippen LogP contribution in [0.2, 0.25) is 0 Å². The summed E-state index contributed by atoms with van der Waals surface area (Å²) in [5.41, 5.74) is 2.40. The van der Waals surface area contributed by atoms with E-state index in [1.165, 1.54) is 24.2 Å². The van der Waals surface area contributed by atoms with Gasteiger partial charge in [-0.1, -0.05) is 37.0 Å². The molecule has 1 N–H and O–H groups in total. The van der Waals surface area contributed by atoms with Gasteiger partial charge in [0.2, 0.25) is 11.8 Å². The van der Waals surface area contributed by atoms with E-state index in [-0.39, 0.29) is 57.7 Å². The molecule has 0 aromatic heterocycles. The van der Waals surface area contributed by atoms with Crippen molar-refractivity contribution in [2.24, 2.45) is 17.8 Å². The molecule has 4 atom stereocenters. The number of carbonyl (C=O) groups is 4. The molecule has 0 radical (unpaired) electrons. The number of methoxy groups -OCH3 is 1. The maximum Gasteiger partial charge on any atom is 0.233 e. The summed E-state index contributed by atoms with van der Waals surface area (Å²) in [6, 6.07) is 4.87. The SMILES string of the molecule is COc1cc([C@H]2C3=CC[C@@H]4C(=O)N(C5CCCCC5)C(=O)[C@@H]4[C@@H]3CC3=C2C(=O)C=C(Br)C3=O)ccc1O. The molecule has 4 aliphatic carbocycles. The molecule has 5 aliphatic rings. The first-order valence-electron chi connectivity index (χ1n) is 12.9. The molecule has 0 spiro atoms. The topological polar surface area (TPSA) is 101 Å². The summed E-state index contributed by atoms with van der Waals surface area (Å²) in [4.78, 5) is 55.6. The van der Waals surface area contributed by atoms with Crippen molar-refractivity contribution in [3.63, 3.8) is 0 Å². The van der Waals surface area contributed by atoms with Crippen molar-refractivity contribution >= 4 is 39.3 Å². The molecule has 2 fully saturated rings. The standard InChI is InChI=1S/C29H28BrNO6/c1-37-23-11-14(7-10-21(23)32)24-16-8-9-17-25(29(36)31(28(17)35)15-5-3-2-4-6-15)18(16)12-19-26(24)22(33)13-20(30)27(19)34/h7-8,10-11,13,15,17-18,24-25,32H,2-6,9,12H2,1H3/t17-,18+,24-,25-/m0/s1. The van der Waals surface area contributed by atoms with Crippen LogP contribution < -0.4 is 4.74 Å². The van der Waals surface area contributed by atoms with E-state index in [9.17, 15) is 24.3 Å². The molecule has 0 unspecified atom stereocenters. The van der Waals surface area contributed by atoms with E-state index < -0.39 is 17.8 Å². The van der Waals surface area contributed by atoms with Crippen LogP contribution in [0.3, 0.4) is 0 Å². The molecule has 6 rings (SSSR count). The summed E-state index contributed by atoms with van der Waals surface area (Å²) < 4.78 is 5.54. The molecule has 1 saturated heterocycles. The smallest absolute Gasteiger partial charge is 0.233 e. The fourth-order valence-corrected chi connectivity index (χ4v) is 7.63. The molecule has 0 bridgehead atoms. The van der Waals surface area contributed by atoms with E-state index in [2.05, 4.69) is 15.9 Å². The summed E-state index contributed by atoms with van der Waals surface area (Å²) in [5.74, 6) is -2.40. The van der Waals surface area contributed by atoms with Gasteiger partial charge in [0.15, 0.2) is 23.1 Å². The van der Waals surface area contributed by atoms with Crippen molar-refractivity contribution in [1.29, 1.82) is 0 Å². The van der Waals surface area contributed by atoms with Crippen molar-refractivity contribution in [3.05, 3.63) is 57.1 Å². The number of phenolic OH excluding ortho intramolecular Hbond substituents is 1. The number of nitrogens with zero attached hydrogens (tertiary/aromatic N) is 1. The van der Waals surface area contributed by atoms with E-state index in [0.717, 1.165) is 37.7 Å². The summed E-state index contributed by atoms with van der Waals surface area (Å²) in [6.07, 6.45) is 8.85.